The Hall–Kier alpha value is -6.98. The Balaban J connectivity index is 0.889. The van der Waals surface area contributed by atoms with E-state index in [1.54, 1.807) is 30.6 Å². The van der Waals surface area contributed by atoms with Gasteiger partial charge in [-0.2, -0.15) is 10.4 Å². The molecule has 4 aromatic rings. The molecular weight excluding hydrogens is 968 g/mol. The van der Waals surface area contributed by atoms with E-state index in [4.69, 9.17) is 10.7 Å². The van der Waals surface area contributed by atoms with Crippen LogP contribution in [0.4, 0.5) is 16.0 Å². The summed E-state index contributed by atoms with van der Waals surface area (Å²) in [5.41, 5.74) is 9.14. The number of likely N-dealkylation sites (tertiary alicyclic amines) is 1. The number of hydrogen-bond donors (Lipinski definition) is 6. The maximum absolute atomic E-state index is 14.8. The Bertz CT molecular complexity index is 2740. The number of likely N-dealkylation sites (N-methyl/N-ethyl adjacent to an activating group) is 1. The van der Waals surface area contributed by atoms with Gasteiger partial charge in [0.1, 0.15) is 24.0 Å². The molecule has 76 heavy (non-hydrogen) atoms. The molecule has 5 heterocycles. The molecule has 2 bridgehead atoms. The number of anilines is 2. The Morgan fingerprint density at radius 1 is 1.00 bits per heavy atom. The van der Waals surface area contributed by atoms with E-state index >= 15 is 0 Å². The third-order valence-corrected chi connectivity index (χ3v) is 15.0. The van der Waals surface area contributed by atoms with Crippen molar-refractivity contribution in [2.75, 3.05) is 50.9 Å². The first-order valence-corrected chi connectivity index (χ1v) is 27.0. The van der Waals surface area contributed by atoms with Crippen molar-refractivity contribution < 1.29 is 28.4 Å². The van der Waals surface area contributed by atoms with Crippen LogP contribution in [-0.4, -0.2) is 124 Å². The van der Waals surface area contributed by atoms with Crippen molar-refractivity contribution in [3.63, 3.8) is 0 Å². The van der Waals surface area contributed by atoms with Gasteiger partial charge in [0.15, 0.2) is 17.3 Å². The van der Waals surface area contributed by atoms with Crippen LogP contribution in [0.3, 0.4) is 0 Å². The molecule has 0 saturated carbocycles. The zero-order chi connectivity index (χ0) is 54.7. The maximum atomic E-state index is 14.8. The Morgan fingerprint density at radius 2 is 1.74 bits per heavy atom. The molecule has 0 aliphatic carbocycles. The first-order chi connectivity index (χ1) is 36.4. The van der Waals surface area contributed by atoms with Crippen molar-refractivity contribution in [1.29, 1.82) is 5.26 Å². The van der Waals surface area contributed by atoms with Crippen molar-refractivity contribution in [2.24, 2.45) is 5.41 Å². The van der Waals surface area contributed by atoms with Gasteiger partial charge in [0, 0.05) is 44.7 Å². The number of nitrogens with one attached hydrogen (secondary N) is 5. The molecule has 0 unspecified atom stereocenters. The lowest BCUT2D eigenvalue weighted by Gasteiger charge is -2.36. The van der Waals surface area contributed by atoms with Crippen molar-refractivity contribution in [3.05, 3.63) is 88.6 Å². The second-order valence-corrected chi connectivity index (χ2v) is 21.5. The Labute approximate surface area is 446 Å². The molecule has 20 heteroatoms. The molecule has 0 radical (unpaired) electrons. The monoisotopic (exact) mass is 1040 g/mol. The van der Waals surface area contributed by atoms with Gasteiger partial charge in [-0.05, 0) is 93.8 Å². The summed E-state index contributed by atoms with van der Waals surface area (Å²) < 4.78 is 16.4. The molecule has 408 valence electrons. The first kappa shape index (κ1) is 56.7. The number of halogens is 1. The number of nitrogens with two attached hydrogens (primary N) is 1. The first-order valence-electron chi connectivity index (χ1n) is 27.0. The number of amides is 5. The van der Waals surface area contributed by atoms with E-state index in [0.717, 1.165) is 50.5 Å². The lowest BCUT2D eigenvalue weighted by Crippen LogP contribution is -2.59. The van der Waals surface area contributed by atoms with E-state index in [-0.39, 0.29) is 78.8 Å². The molecule has 19 nitrogen and oxygen atoms in total. The van der Waals surface area contributed by atoms with E-state index in [0.29, 0.717) is 79.2 Å². The average molecular weight is 1050 g/mol. The number of hydrogen-bond acceptors (Lipinski definition) is 13. The highest BCUT2D eigenvalue weighted by Crippen LogP contribution is 2.41. The van der Waals surface area contributed by atoms with Gasteiger partial charge in [0.2, 0.25) is 23.6 Å². The number of aromatic nitrogens is 4. The van der Waals surface area contributed by atoms with Gasteiger partial charge in [-0.1, -0.05) is 83.7 Å². The van der Waals surface area contributed by atoms with Crippen LogP contribution >= 0.6 is 0 Å². The molecule has 2 fully saturated rings. The van der Waals surface area contributed by atoms with Crippen molar-refractivity contribution >= 4 is 41.2 Å². The fraction of sp³-hybridized carbons (Fsp3) is 0.554. The van der Waals surface area contributed by atoms with Gasteiger partial charge in [-0.25, -0.2) is 14.4 Å². The minimum absolute atomic E-state index is 0.0466. The number of nitrogens with zero attached hydrogens (tertiary/aromatic N) is 8. The number of benzene rings is 2. The van der Waals surface area contributed by atoms with Crippen LogP contribution in [-0.2, 0) is 32.3 Å². The van der Waals surface area contributed by atoms with Crippen LogP contribution in [0.25, 0.3) is 11.3 Å². The second-order valence-electron chi connectivity index (χ2n) is 21.5. The summed E-state index contributed by atoms with van der Waals surface area (Å²) in [6, 6.07) is 13.5. The lowest BCUT2D eigenvalue weighted by molar-refractivity contribution is -0.144. The quantitative estimate of drug-likeness (QED) is 0.0552. The number of nitrogen functional groups attached to an aromatic ring is 1. The highest BCUT2D eigenvalue weighted by Gasteiger charge is 2.45. The van der Waals surface area contributed by atoms with Gasteiger partial charge in [0.05, 0.1) is 54.4 Å². The van der Waals surface area contributed by atoms with E-state index in [1.807, 2.05) is 62.9 Å². The standard InChI is InChI=1S/C56H77FN14O5/c1-8-41(36-19-14-13-15-20-36)65-53(74)45-30-38(33-70(45)55(76)49(56(3,4)5)66-52(73)35(2)60-6)61-25-17-12-10-9-11-16-22-47(72)62-26-28-71-46-34-68(7)54(75)39-24-23-37(57)29-40(39)44-21-18-27-69(44)51-50(59)63-32-43(64-51)48(46)42(31-58)67-71/h13-15,19-20,23-24,29,32,35,38,41,44-45,49,60-61H,8-12,16-18,21-22,25-28,30,33-34H2,1-7H3,(H2,59,63)(H,62,72)(H,65,74)(H,66,73)/t35-,38-,41+,44-,45-,49+/m1/s1. The summed E-state index contributed by atoms with van der Waals surface area (Å²) in [4.78, 5) is 83.3. The van der Waals surface area contributed by atoms with Crippen LogP contribution < -0.4 is 37.2 Å². The van der Waals surface area contributed by atoms with Gasteiger partial charge in [-0.15, -0.1) is 0 Å². The van der Waals surface area contributed by atoms with E-state index in [1.165, 1.54) is 29.3 Å². The molecule has 2 saturated heterocycles. The highest BCUT2D eigenvalue weighted by atomic mass is 19.1. The Morgan fingerprint density at radius 3 is 2.45 bits per heavy atom. The number of carbonyl (C=O) groups excluding carboxylic acids is 5. The van der Waals surface area contributed by atoms with Crippen LogP contribution in [0.5, 0.6) is 0 Å². The molecule has 6 atom stereocenters. The predicted octanol–water partition coefficient (Wildman–Crippen LogP) is 5.67. The van der Waals surface area contributed by atoms with Crippen LogP contribution in [0.15, 0.2) is 54.7 Å². The van der Waals surface area contributed by atoms with Crippen molar-refractivity contribution in [1.82, 2.24) is 56.1 Å². The minimum Gasteiger partial charge on any atom is -0.381 e. The fourth-order valence-electron chi connectivity index (χ4n) is 10.6. The molecule has 0 spiro atoms. The van der Waals surface area contributed by atoms with Crippen molar-refractivity contribution in [2.45, 2.75) is 155 Å². The molecule has 5 amide bonds. The number of rotatable bonds is 21. The smallest absolute Gasteiger partial charge is 0.254 e. The minimum atomic E-state index is -0.838. The molecule has 3 aliphatic rings. The van der Waals surface area contributed by atoms with Gasteiger partial charge in [0.25, 0.3) is 5.91 Å². The topological polar surface area (TPSA) is 249 Å². The second kappa shape index (κ2) is 25.7. The summed E-state index contributed by atoms with van der Waals surface area (Å²) in [7, 11) is 3.35. The summed E-state index contributed by atoms with van der Waals surface area (Å²) in [6.45, 7) is 11.6. The van der Waals surface area contributed by atoms with E-state index in [2.05, 4.69) is 42.7 Å². The number of unbranched alkanes of at least 4 members (excludes halogenated alkanes) is 5. The van der Waals surface area contributed by atoms with E-state index < -0.39 is 29.4 Å². The lowest BCUT2D eigenvalue weighted by atomic mass is 9.85. The summed E-state index contributed by atoms with van der Waals surface area (Å²) in [5, 5.41) is 30.7. The zero-order valence-electron chi connectivity index (χ0n) is 45.3. The summed E-state index contributed by atoms with van der Waals surface area (Å²) in [6.07, 6.45) is 9.84. The predicted molar refractivity (Wildman–Crippen MR) is 289 cm³/mol. The normalized spacial score (nSPS) is 18.5. The SMILES string of the molecule is CC[C@H](NC(=O)[C@H]1C[C@@H](NCCCCCCCCC(=O)NCCn2nc(C#N)c3c2CN(C)C(=O)c2ccc(F)cc2[C@H]2CCCN2c2nc-3cnc2N)CN1C(=O)[C@H](NC(=O)[C@@H](C)NC)C(C)(C)C)c1ccccc1. The van der Waals surface area contributed by atoms with Crippen molar-refractivity contribution in [3.8, 4) is 17.3 Å². The van der Waals surface area contributed by atoms with Crippen LogP contribution in [0, 0.1) is 22.6 Å². The molecule has 7 rings (SSSR count). The van der Waals surface area contributed by atoms with E-state index in [9.17, 15) is 33.6 Å². The van der Waals surface area contributed by atoms with Gasteiger partial charge >= 0.3 is 0 Å². The fourth-order valence-corrected chi connectivity index (χ4v) is 10.6. The molecule has 2 aromatic carbocycles. The summed E-state index contributed by atoms with van der Waals surface area (Å²) in [5.74, 6) is -1.07. The average Bonchev–Trinajstić information content (AvgIpc) is 4.16. The number of fused-ring (bicyclic) bond motifs is 8. The van der Waals surface area contributed by atoms with Crippen LogP contribution in [0.2, 0.25) is 0 Å². The Kier molecular flexibility index (Phi) is 19.2. The van der Waals surface area contributed by atoms with Gasteiger partial charge < -0.3 is 47.0 Å². The third-order valence-electron chi connectivity index (χ3n) is 15.0. The van der Waals surface area contributed by atoms with Crippen LogP contribution in [0.1, 0.15) is 150 Å². The maximum Gasteiger partial charge on any atom is 0.254 e. The molecular formula is C56H77FN14O5. The highest BCUT2D eigenvalue weighted by molar-refractivity contribution is 5.96. The third kappa shape index (κ3) is 13.5. The van der Waals surface area contributed by atoms with Gasteiger partial charge in [-0.3, -0.25) is 28.7 Å². The summed E-state index contributed by atoms with van der Waals surface area (Å²) >= 11 is 0. The zero-order valence-corrected chi connectivity index (χ0v) is 45.3. The molecule has 3 aliphatic heterocycles. The largest absolute Gasteiger partial charge is 0.381 e. The number of carbonyl (C=O) groups is 5. The molecule has 7 N–H and O–H groups in total. The number of nitriles is 1. The molecule has 2 aromatic heterocycles.